The fourth-order valence-corrected chi connectivity index (χ4v) is 6.05. The van der Waals surface area contributed by atoms with E-state index < -0.39 is 36.5 Å². The number of aryl methyl sites for hydroxylation is 1. The highest BCUT2D eigenvalue weighted by atomic mass is 16.6. The zero-order valence-electron chi connectivity index (χ0n) is 27.2. The number of ether oxygens (including phenoxy) is 2. The van der Waals surface area contributed by atoms with E-state index in [0.29, 0.717) is 56.5 Å². The number of benzene rings is 2. The van der Waals surface area contributed by atoms with Gasteiger partial charge < -0.3 is 34.6 Å². The third-order valence-electron chi connectivity index (χ3n) is 8.67. The molecule has 13 nitrogen and oxygen atoms in total. The number of aliphatic carboxylic acids is 1. The molecular weight excluding hydrogens is 618 g/mol. The Morgan fingerprint density at radius 3 is 2.38 bits per heavy atom. The maximum Gasteiger partial charge on any atom is 0.409 e. The first-order chi connectivity index (χ1) is 23.2. The molecule has 254 valence electrons. The van der Waals surface area contributed by atoms with E-state index in [1.54, 1.807) is 21.9 Å². The molecule has 4 amide bonds. The second kappa shape index (κ2) is 15.6. The normalized spacial score (nSPS) is 17.7. The van der Waals surface area contributed by atoms with Crippen LogP contribution in [0.4, 0.5) is 4.79 Å². The van der Waals surface area contributed by atoms with E-state index in [0.717, 1.165) is 24.0 Å². The number of carboxylic acids is 1. The van der Waals surface area contributed by atoms with E-state index in [9.17, 15) is 29.1 Å². The number of rotatable bonds is 11. The first-order valence-corrected chi connectivity index (χ1v) is 16.3. The Bertz CT molecular complexity index is 1660. The largest absolute Gasteiger partial charge is 0.483 e. The molecule has 48 heavy (non-hydrogen) atoms. The molecule has 0 aliphatic carbocycles. The lowest BCUT2D eigenvalue weighted by Gasteiger charge is -2.34. The summed E-state index contributed by atoms with van der Waals surface area (Å²) in [5, 5.41) is 13.1. The number of hydrogen-bond acceptors (Lipinski definition) is 8. The van der Waals surface area contributed by atoms with Crippen molar-refractivity contribution in [3.8, 4) is 5.75 Å². The Morgan fingerprint density at radius 2 is 1.67 bits per heavy atom. The zero-order valence-corrected chi connectivity index (χ0v) is 27.2. The van der Waals surface area contributed by atoms with Crippen LogP contribution >= 0.6 is 0 Å². The molecule has 2 aliphatic rings. The molecule has 5 rings (SSSR count). The molecule has 2 aliphatic heterocycles. The maximum atomic E-state index is 13.5. The van der Waals surface area contributed by atoms with Crippen LogP contribution in [0.3, 0.4) is 0 Å². The highest BCUT2D eigenvalue weighted by molar-refractivity contribution is 5.99. The van der Waals surface area contributed by atoms with Gasteiger partial charge in [0.05, 0.1) is 24.7 Å². The van der Waals surface area contributed by atoms with Gasteiger partial charge in [0, 0.05) is 37.6 Å². The summed E-state index contributed by atoms with van der Waals surface area (Å²) in [6, 6.07) is 14.8. The third kappa shape index (κ3) is 8.01. The van der Waals surface area contributed by atoms with Crippen molar-refractivity contribution in [3.05, 3.63) is 71.4 Å². The van der Waals surface area contributed by atoms with Gasteiger partial charge >= 0.3 is 12.1 Å². The van der Waals surface area contributed by atoms with Gasteiger partial charge in [-0.15, -0.1) is 0 Å². The summed E-state index contributed by atoms with van der Waals surface area (Å²) in [7, 11) is 0. The summed E-state index contributed by atoms with van der Waals surface area (Å²) >= 11 is 0. The molecular formula is C35H41N5O8. The minimum absolute atomic E-state index is 0.00487. The van der Waals surface area contributed by atoms with E-state index in [-0.39, 0.29) is 30.0 Å². The number of unbranched alkanes of at least 4 members (excludes halogenated alkanes) is 1. The molecule has 2 atom stereocenters. The highest BCUT2D eigenvalue weighted by Crippen LogP contribution is 2.36. The molecule has 3 aromatic rings. The Hall–Kier alpha value is -5.20. The highest BCUT2D eigenvalue weighted by Gasteiger charge is 2.41. The van der Waals surface area contributed by atoms with Crippen LogP contribution < -0.4 is 10.1 Å². The topological polar surface area (TPSA) is 159 Å². The predicted molar refractivity (Wildman–Crippen MR) is 175 cm³/mol. The number of amides is 4. The van der Waals surface area contributed by atoms with E-state index in [1.807, 2.05) is 50.2 Å². The van der Waals surface area contributed by atoms with E-state index >= 15 is 0 Å². The van der Waals surface area contributed by atoms with Gasteiger partial charge in [0.25, 0.3) is 11.8 Å². The number of likely N-dealkylation sites (tertiary alicyclic amines) is 1. The van der Waals surface area contributed by atoms with Gasteiger partial charge in [0.1, 0.15) is 17.5 Å². The van der Waals surface area contributed by atoms with Crippen molar-refractivity contribution in [1.29, 1.82) is 0 Å². The molecule has 13 heteroatoms. The lowest BCUT2D eigenvalue weighted by Crippen LogP contribution is -2.52. The first kappa shape index (κ1) is 34.1. The van der Waals surface area contributed by atoms with Crippen LogP contribution in [0.1, 0.15) is 60.3 Å². The Kier molecular flexibility index (Phi) is 11.1. The average molecular weight is 660 g/mol. The quantitative estimate of drug-likeness (QED) is 0.294. The van der Waals surface area contributed by atoms with Crippen molar-refractivity contribution in [2.45, 2.75) is 51.6 Å². The van der Waals surface area contributed by atoms with E-state index in [4.69, 9.17) is 9.47 Å². The van der Waals surface area contributed by atoms with Crippen molar-refractivity contribution in [2.75, 3.05) is 45.9 Å². The van der Waals surface area contributed by atoms with Crippen LogP contribution in [0.25, 0.3) is 10.9 Å². The number of pyridine rings is 1. The second-order valence-electron chi connectivity index (χ2n) is 12.0. The van der Waals surface area contributed by atoms with Crippen molar-refractivity contribution >= 4 is 40.7 Å². The number of fused-ring (bicyclic) bond motifs is 1. The monoisotopic (exact) mass is 659 g/mol. The van der Waals surface area contributed by atoms with Gasteiger partial charge in [-0.1, -0.05) is 49.7 Å². The number of nitrogens with zero attached hydrogens (tertiary/aromatic N) is 4. The van der Waals surface area contributed by atoms with Crippen LogP contribution in [-0.2, 0) is 19.1 Å². The van der Waals surface area contributed by atoms with Crippen LogP contribution in [0.2, 0.25) is 0 Å². The Balaban J connectivity index is 1.24. The van der Waals surface area contributed by atoms with E-state index in [1.165, 1.54) is 11.0 Å². The van der Waals surface area contributed by atoms with Gasteiger partial charge in [0.15, 0.2) is 6.61 Å². The van der Waals surface area contributed by atoms with Gasteiger partial charge in [-0.3, -0.25) is 14.4 Å². The van der Waals surface area contributed by atoms with Crippen molar-refractivity contribution < 1.29 is 38.6 Å². The molecule has 0 radical (unpaired) electrons. The summed E-state index contributed by atoms with van der Waals surface area (Å²) < 4.78 is 11.2. The average Bonchev–Trinajstić information content (AvgIpc) is 3.55. The Morgan fingerprint density at radius 1 is 0.938 bits per heavy atom. The Labute approximate surface area is 278 Å². The predicted octanol–water partition coefficient (Wildman–Crippen LogP) is 3.55. The van der Waals surface area contributed by atoms with Crippen LogP contribution in [0.5, 0.6) is 5.75 Å². The van der Waals surface area contributed by atoms with Crippen molar-refractivity contribution in [3.63, 3.8) is 0 Å². The van der Waals surface area contributed by atoms with Crippen molar-refractivity contribution in [2.24, 2.45) is 0 Å². The molecule has 2 saturated heterocycles. The van der Waals surface area contributed by atoms with Crippen LogP contribution in [0.15, 0.2) is 54.6 Å². The van der Waals surface area contributed by atoms with Gasteiger partial charge in [0.2, 0.25) is 5.91 Å². The number of nitrogens with one attached hydrogen (secondary N) is 1. The third-order valence-corrected chi connectivity index (χ3v) is 8.67. The fourth-order valence-electron chi connectivity index (χ4n) is 6.05. The molecule has 2 fully saturated rings. The summed E-state index contributed by atoms with van der Waals surface area (Å²) in [5.41, 5.74) is 2.20. The molecule has 2 aromatic carbocycles. The SMILES string of the molecule is CCCCOC(=O)N1CCN(C(=O)CNC(=O)c2cc(OCC(=O)N3[C@@H](c4ccccc4)CC[C@H]3C(=O)O)c3ccc(C)cc3n2)CC1. The lowest BCUT2D eigenvalue weighted by molar-refractivity contribution is -0.150. The summed E-state index contributed by atoms with van der Waals surface area (Å²) in [4.78, 5) is 73.0. The van der Waals surface area contributed by atoms with Gasteiger partial charge in [-0.2, -0.15) is 0 Å². The molecule has 0 bridgehead atoms. The summed E-state index contributed by atoms with van der Waals surface area (Å²) in [6.07, 6.45) is 2.16. The second-order valence-corrected chi connectivity index (χ2v) is 12.0. The van der Waals surface area contributed by atoms with E-state index in [2.05, 4.69) is 10.3 Å². The van der Waals surface area contributed by atoms with Gasteiger partial charge in [-0.05, 0) is 49.4 Å². The number of carboxylic acid groups (broad SMARTS) is 1. The van der Waals surface area contributed by atoms with Crippen LogP contribution in [-0.4, -0.2) is 107 Å². The minimum atomic E-state index is -1.08. The maximum absolute atomic E-state index is 13.5. The molecule has 0 spiro atoms. The number of hydrogen-bond donors (Lipinski definition) is 2. The molecule has 1 aromatic heterocycles. The first-order valence-electron chi connectivity index (χ1n) is 16.3. The molecule has 0 unspecified atom stereocenters. The minimum Gasteiger partial charge on any atom is -0.483 e. The van der Waals surface area contributed by atoms with Crippen LogP contribution in [0, 0.1) is 6.92 Å². The summed E-state index contributed by atoms with van der Waals surface area (Å²) in [5.74, 6) is -2.24. The van der Waals surface area contributed by atoms with Gasteiger partial charge in [-0.25, -0.2) is 14.6 Å². The number of aromatic nitrogens is 1. The number of carbonyl (C=O) groups is 5. The lowest BCUT2D eigenvalue weighted by atomic mass is 10.0. The smallest absolute Gasteiger partial charge is 0.409 e. The molecule has 2 N–H and O–H groups in total. The number of piperazine rings is 1. The zero-order chi connectivity index (χ0) is 34.2. The van der Waals surface area contributed by atoms with Crippen molar-refractivity contribution in [1.82, 2.24) is 25.0 Å². The number of carbonyl (C=O) groups excluding carboxylic acids is 4. The molecule has 3 heterocycles. The standard InChI is InChI=1S/C35H41N5O8/c1-3-4-18-47-35(46)39-16-14-38(15-17-39)31(41)21-36-33(43)27-20-30(25-11-10-23(2)19-26(25)37-27)48-22-32(42)40-28(12-13-29(40)34(44)45)24-8-6-5-7-9-24/h5-11,19-20,28-29H,3-4,12-18,21-22H2,1-2H3,(H,36,43)(H,44,45)/t28-,29+/m1/s1. The fraction of sp³-hybridized carbons (Fsp3) is 0.429. The summed E-state index contributed by atoms with van der Waals surface area (Å²) in [6.45, 7) is 4.86. The molecule has 0 saturated carbocycles.